The summed E-state index contributed by atoms with van der Waals surface area (Å²) in [6.07, 6.45) is 7.01. The highest BCUT2D eigenvalue weighted by atomic mass is 28.3. The Morgan fingerprint density at radius 1 is 0.944 bits per heavy atom. The number of unbranched alkanes of at least 4 members (excludes halogenated alkanes) is 4. The van der Waals surface area contributed by atoms with Gasteiger partial charge in [0.15, 0.2) is 0 Å². The lowest BCUT2D eigenvalue weighted by Gasteiger charge is -2.28. The van der Waals surface area contributed by atoms with E-state index in [-0.39, 0.29) is 17.4 Å². The molecule has 202 valence electrons. The van der Waals surface area contributed by atoms with Gasteiger partial charge in [-0.05, 0) is 61.6 Å². The third kappa shape index (κ3) is 8.87. The maximum absolute atomic E-state index is 13.9. The minimum atomic E-state index is -5.05. The molecular weight excluding hydrogens is 487 g/mol. The Balaban J connectivity index is 1.39. The smallest absolute Gasteiger partial charge is 0.380 e. The first kappa shape index (κ1) is 29.2. The van der Waals surface area contributed by atoms with Crippen LogP contribution in [0.2, 0.25) is 18.1 Å². The summed E-state index contributed by atoms with van der Waals surface area (Å²) in [4.78, 5) is 0. The van der Waals surface area contributed by atoms with Crippen molar-refractivity contribution in [1.82, 2.24) is 0 Å². The Labute approximate surface area is 214 Å². The third-order valence-electron chi connectivity index (χ3n) is 8.24. The molecule has 1 nitrogen and oxygen atoms in total. The van der Waals surface area contributed by atoms with Crippen molar-refractivity contribution >= 4 is 8.80 Å². The highest BCUT2D eigenvalue weighted by Gasteiger charge is 2.38. The molecule has 1 atom stereocenters. The van der Waals surface area contributed by atoms with E-state index in [1.165, 1.54) is 63.1 Å². The maximum atomic E-state index is 13.9. The average molecular weight is 529 g/mol. The van der Waals surface area contributed by atoms with E-state index in [1.807, 2.05) is 0 Å². The molecule has 0 bridgehead atoms. The van der Waals surface area contributed by atoms with Crippen LogP contribution in [0.25, 0.3) is 0 Å². The first-order valence-corrected chi connectivity index (χ1v) is 16.4. The van der Waals surface area contributed by atoms with Crippen molar-refractivity contribution in [2.75, 3.05) is 0 Å². The topological polar surface area (TPSA) is 20.2 Å². The molecule has 1 aliphatic carbocycles. The summed E-state index contributed by atoms with van der Waals surface area (Å²) >= 11 is 0. The predicted molar refractivity (Wildman–Crippen MR) is 138 cm³/mol. The van der Waals surface area contributed by atoms with Gasteiger partial charge in [0.05, 0.1) is 0 Å². The molecule has 2 fully saturated rings. The zero-order valence-electron chi connectivity index (χ0n) is 21.5. The first-order valence-electron chi connectivity index (χ1n) is 13.9. The summed E-state index contributed by atoms with van der Waals surface area (Å²) in [5.41, 5.74) is -1.54. The minimum absolute atomic E-state index is 0.107. The Morgan fingerprint density at radius 3 is 2.14 bits per heavy atom. The fraction of sp³-hybridized carbons (Fsp3) is 0.724. The minimum Gasteiger partial charge on any atom is -0.380 e. The second kappa shape index (κ2) is 14.0. The molecular formula is C29H41F5OSi. The number of hydrogen-bond acceptors (Lipinski definition) is 1. The highest BCUT2D eigenvalue weighted by molar-refractivity contribution is 6.58. The molecule has 36 heavy (non-hydrogen) atoms. The van der Waals surface area contributed by atoms with E-state index in [2.05, 4.69) is 18.8 Å². The number of benzene rings is 1. The zero-order valence-corrected chi connectivity index (χ0v) is 22.6. The van der Waals surface area contributed by atoms with E-state index in [0.29, 0.717) is 31.6 Å². The number of rotatable bonds is 9. The lowest BCUT2D eigenvalue weighted by atomic mass is 9.78. The van der Waals surface area contributed by atoms with Crippen molar-refractivity contribution in [1.29, 1.82) is 0 Å². The van der Waals surface area contributed by atoms with Crippen LogP contribution in [-0.4, -0.2) is 20.0 Å². The molecule has 1 aromatic rings. The lowest BCUT2D eigenvalue weighted by Crippen LogP contribution is -2.23. The van der Waals surface area contributed by atoms with Crippen LogP contribution in [-0.2, 0) is 6.18 Å². The van der Waals surface area contributed by atoms with Crippen molar-refractivity contribution in [2.45, 2.75) is 120 Å². The van der Waals surface area contributed by atoms with E-state index >= 15 is 0 Å². The van der Waals surface area contributed by atoms with Gasteiger partial charge in [0.2, 0.25) is 0 Å². The van der Waals surface area contributed by atoms with Crippen molar-refractivity contribution in [3.63, 3.8) is 0 Å². The van der Waals surface area contributed by atoms with Gasteiger partial charge in [0, 0.05) is 14.7 Å². The van der Waals surface area contributed by atoms with Gasteiger partial charge in [0.1, 0.15) is 23.3 Å². The van der Waals surface area contributed by atoms with Gasteiger partial charge in [-0.15, -0.1) is 0 Å². The predicted octanol–water partition coefficient (Wildman–Crippen LogP) is 8.62. The van der Waals surface area contributed by atoms with Crippen molar-refractivity contribution in [3.8, 4) is 11.8 Å². The Morgan fingerprint density at radius 2 is 1.56 bits per heavy atom. The Bertz CT molecular complexity index is 851. The van der Waals surface area contributed by atoms with Gasteiger partial charge in [-0.1, -0.05) is 81.8 Å². The monoisotopic (exact) mass is 528 g/mol. The molecule has 1 saturated carbocycles. The summed E-state index contributed by atoms with van der Waals surface area (Å²) in [5, 5.41) is 10.5. The number of aliphatic hydroxyl groups is 1. The van der Waals surface area contributed by atoms with E-state index in [1.54, 1.807) is 0 Å². The van der Waals surface area contributed by atoms with Gasteiger partial charge >= 0.3 is 6.18 Å². The number of aliphatic hydroxyl groups excluding tert-OH is 1. The molecule has 7 heteroatoms. The second-order valence-corrected chi connectivity index (χ2v) is 14.5. The van der Waals surface area contributed by atoms with E-state index in [9.17, 15) is 27.1 Å². The molecule has 0 spiro atoms. The van der Waals surface area contributed by atoms with Crippen LogP contribution in [0.3, 0.4) is 0 Å². The van der Waals surface area contributed by atoms with Crippen molar-refractivity contribution < 1.29 is 27.1 Å². The van der Waals surface area contributed by atoms with E-state index in [0.717, 1.165) is 18.6 Å². The fourth-order valence-electron chi connectivity index (χ4n) is 6.05. The van der Waals surface area contributed by atoms with Crippen LogP contribution in [0.1, 0.15) is 101 Å². The van der Waals surface area contributed by atoms with Crippen LogP contribution >= 0.6 is 0 Å². The quantitative estimate of drug-likeness (QED) is 0.147. The average Bonchev–Trinajstić information content (AvgIpc) is 2.82. The normalized spacial score (nSPS) is 25.8. The molecule has 0 aromatic heterocycles. The number of halogens is 5. The van der Waals surface area contributed by atoms with E-state index in [4.69, 9.17) is 0 Å². The molecule has 1 saturated heterocycles. The van der Waals surface area contributed by atoms with Crippen LogP contribution in [0, 0.1) is 35.3 Å². The van der Waals surface area contributed by atoms with Crippen LogP contribution in [0.5, 0.6) is 0 Å². The summed E-state index contributed by atoms with van der Waals surface area (Å²) in [6.45, 7) is 2.25. The Kier molecular flexibility index (Phi) is 11.3. The van der Waals surface area contributed by atoms with Crippen LogP contribution in [0.15, 0.2) is 12.1 Å². The molecule has 1 aliphatic heterocycles. The summed E-state index contributed by atoms with van der Waals surface area (Å²) in [6, 6.07) is 5.93. The van der Waals surface area contributed by atoms with Crippen molar-refractivity contribution in [2.24, 2.45) is 11.8 Å². The zero-order chi connectivity index (χ0) is 26.1. The maximum Gasteiger partial charge on any atom is 0.422 e. The summed E-state index contributed by atoms with van der Waals surface area (Å²) < 4.78 is 66.3. The van der Waals surface area contributed by atoms with Crippen molar-refractivity contribution in [3.05, 3.63) is 34.9 Å². The van der Waals surface area contributed by atoms with Gasteiger partial charge in [-0.2, -0.15) is 13.2 Å². The Hall–Kier alpha value is -1.39. The molecule has 3 rings (SSSR count). The van der Waals surface area contributed by atoms with Gasteiger partial charge in [-0.25, -0.2) is 8.78 Å². The number of hydrogen-bond donors (Lipinski definition) is 1. The van der Waals surface area contributed by atoms with Gasteiger partial charge in [0.25, 0.3) is 0 Å². The van der Waals surface area contributed by atoms with Crippen LogP contribution in [0.4, 0.5) is 22.0 Å². The molecule has 2 aliphatic rings. The first-order chi connectivity index (χ1) is 17.2. The molecule has 1 unspecified atom stereocenters. The highest BCUT2D eigenvalue weighted by Crippen LogP contribution is 2.39. The molecule has 1 heterocycles. The van der Waals surface area contributed by atoms with Gasteiger partial charge in [-0.3, -0.25) is 0 Å². The standard InChI is InChI=1S/C29H41F5OSi/c1-2-3-4-5-6-15-36-16-13-22(14-17-36)18-25(35)12-9-21-7-10-23(11-8-21)24-19-26(30)28(27(31)20-24)29(32,33)34/h19-23,25,35-36H,2-8,10-11,13-18H2,1H3. The van der Waals surface area contributed by atoms with Gasteiger partial charge < -0.3 is 5.11 Å². The molecule has 1 N–H and O–H groups in total. The SMILES string of the molecule is CCCCCCC[SiH]1CCC(CC(O)C#CC2CCC(c3cc(F)c(C(F)(F)F)c(F)c3)CC2)CC1. The lowest BCUT2D eigenvalue weighted by molar-refractivity contribution is -0.142. The molecule has 1 aromatic carbocycles. The molecule has 0 amide bonds. The second-order valence-electron chi connectivity index (χ2n) is 11.0. The summed E-state index contributed by atoms with van der Waals surface area (Å²) in [7, 11) is -0.571. The number of alkyl halides is 3. The van der Waals surface area contributed by atoms with E-state index < -0.39 is 38.3 Å². The largest absolute Gasteiger partial charge is 0.422 e. The third-order valence-corrected chi connectivity index (χ3v) is 11.8. The van der Waals surface area contributed by atoms with Crippen LogP contribution < -0.4 is 0 Å². The summed E-state index contributed by atoms with van der Waals surface area (Å²) in [5.74, 6) is 3.63. The molecule has 0 radical (unpaired) electrons. The fourth-order valence-corrected chi connectivity index (χ4v) is 9.67.